The maximum atomic E-state index is 5.25. The zero-order valence-electron chi connectivity index (χ0n) is 11.5. The van der Waals surface area contributed by atoms with E-state index in [0.717, 1.165) is 18.0 Å². The second-order valence-electron chi connectivity index (χ2n) is 4.94. The van der Waals surface area contributed by atoms with E-state index in [9.17, 15) is 0 Å². The van der Waals surface area contributed by atoms with E-state index < -0.39 is 0 Å². The quantitative estimate of drug-likeness (QED) is 0.824. The number of benzene rings is 1. The Morgan fingerprint density at radius 3 is 2.44 bits per heavy atom. The van der Waals surface area contributed by atoms with Crippen molar-refractivity contribution < 1.29 is 4.52 Å². The van der Waals surface area contributed by atoms with E-state index >= 15 is 0 Å². The van der Waals surface area contributed by atoms with Crippen LogP contribution in [0.2, 0.25) is 0 Å². The number of hydrogen-bond donors (Lipinski definition) is 0. The Balaban J connectivity index is 2.04. The minimum absolute atomic E-state index is 0.357. The minimum Gasteiger partial charge on any atom is -0.360 e. The van der Waals surface area contributed by atoms with Crippen LogP contribution in [0.3, 0.4) is 0 Å². The maximum absolute atomic E-state index is 5.25. The fourth-order valence-electron chi connectivity index (χ4n) is 1.97. The molecule has 0 aliphatic carbocycles. The van der Waals surface area contributed by atoms with E-state index in [1.165, 1.54) is 11.1 Å². The lowest BCUT2D eigenvalue weighted by atomic mass is 10.1. The van der Waals surface area contributed by atoms with Crippen LogP contribution >= 0.6 is 0 Å². The summed E-state index contributed by atoms with van der Waals surface area (Å²) in [5.74, 6) is 0.911. The van der Waals surface area contributed by atoms with Crippen molar-refractivity contribution in [2.75, 3.05) is 7.05 Å². The van der Waals surface area contributed by atoms with Crippen molar-refractivity contribution in [2.24, 2.45) is 0 Å². The summed E-state index contributed by atoms with van der Waals surface area (Å²) in [4.78, 5) is 2.25. The number of aryl methyl sites for hydroxylation is 2. The van der Waals surface area contributed by atoms with Crippen molar-refractivity contribution >= 4 is 0 Å². The van der Waals surface area contributed by atoms with Crippen LogP contribution in [0.1, 0.15) is 35.5 Å². The Hall–Kier alpha value is -1.61. The van der Waals surface area contributed by atoms with Gasteiger partial charge in [0.25, 0.3) is 0 Å². The van der Waals surface area contributed by atoms with E-state index in [4.69, 9.17) is 4.52 Å². The summed E-state index contributed by atoms with van der Waals surface area (Å²) in [7, 11) is 2.10. The van der Waals surface area contributed by atoms with E-state index in [1.807, 2.05) is 13.0 Å². The molecule has 3 nitrogen and oxygen atoms in total. The average molecular weight is 244 g/mol. The maximum Gasteiger partial charge on any atom is 0.150 e. The SMILES string of the molecule is Cc1ccc(C(C)N(C)Cc2cc(C)no2)cc1. The first-order valence-electron chi connectivity index (χ1n) is 6.25. The molecule has 1 heterocycles. The van der Waals surface area contributed by atoms with Crippen LogP contribution < -0.4 is 0 Å². The van der Waals surface area contributed by atoms with Crippen molar-refractivity contribution in [3.05, 3.63) is 52.9 Å². The van der Waals surface area contributed by atoms with Crippen LogP contribution in [0.4, 0.5) is 0 Å². The van der Waals surface area contributed by atoms with E-state index in [-0.39, 0.29) is 0 Å². The summed E-state index contributed by atoms with van der Waals surface area (Å²) in [6.45, 7) is 7.02. The van der Waals surface area contributed by atoms with Crippen molar-refractivity contribution in [2.45, 2.75) is 33.4 Å². The van der Waals surface area contributed by atoms with Gasteiger partial charge in [-0.2, -0.15) is 0 Å². The molecule has 0 saturated heterocycles. The summed E-state index contributed by atoms with van der Waals surface area (Å²) in [6.07, 6.45) is 0. The monoisotopic (exact) mass is 244 g/mol. The number of aromatic nitrogens is 1. The molecule has 3 heteroatoms. The van der Waals surface area contributed by atoms with Crippen LogP contribution in [-0.2, 0) is 6.54 Å². The fourth-order valence-corrected chi connectivity index (χ4v) is 1.97. The zero-order chi connectivity index (χ0) is 13.1. The van der Waals surface area contributed by atoms with Crippen LogP contribution in [0.15, 0.2) is 34.9 Å². The highest BCUT2D eigenvalue weighted by atomic mass is 16.5. The van der Waals surface area contributed by atoms with E-state index in [1.54, 1.807) is 0 Å². The van der Waals surface area contributed by atoms with Gasteiger partial charge in [-0.05, 0) is 33.4 Å². The van der Waals surface area contributed by atoms with Crippen LogP contribution in [0, 0.1) is 13.8 Å². The Morgan fingerprint density at radius 1 is 1.22 bits per heavy atom. The predicted molar refractivity (Wildman–Crippen MR) is 72.3 cm³/mol. The third-order valence-electron chi connectivity index (χ3n) is 3.30. The molecule has 1 aromatic heterocycles. The lowest BCUT2D eigenvalue weighted by Gasteiger charge is -2.23. The molecule has 0 fully saturated rings. The van der Waals surface area contributed by atoms with Gasteiger partial charge < -0.3 is 4.52 Å². The summed E-state index contributed by atoms with van der Waals surface area (Å²) < 4.78 is 5.25. The number of nitrogens with zero attached hydrogens (tertiary/aromatic N) is 2. The second-order valence-corrected chi connectivity index (χ2v) is 4.94. The van der Waals surface area contributed by atoms with Gasteiger partial charge in [-0.25, -0.2) is 0 Å². The molecule has 0 bridgehead atoms. The molecule has 0 amide bonds. The molecule has 2 aromatic rings. The Bertz CT molecular complexity index is 501. The molecular weight excluding hydrogens is 224 g/mol. The average Bonchev–Trinajstić information content (AvgIpc) is 2.75. The van der Waals surface area contributed by atoms with Gasteiger partial charge in [0.1, 0.15) is 0 Å². The highest BCUT2D eigenvalue weighted by Gasteiger charge is 2.13. The van der Waals surface area contributed by atoms with Gasteiger partial charge in [0.15, 0.2) is 5.76 Å². The molecular formula is C15H20N2O. The van der Waals surface area contributed by atoms with Crippen molar-refractivity contribution in [3.63, 3.8) is 0 Å². The third-order valence-corrected chi connectivity index (χ3v) is 3.30. The van der Waals surface area contributed by atoms with Crippen molar-refractivity contribution in [1.29, 1.82) is 0 Å². The van der Waals surface area contributed by atoms with Crippen molar-refractivity contribution in [1.82, 2.24) is 10.1 Å². The van der Waals surface area contributed by atoms with Crippen LogP contribution in [0.5, 0.6) is 0 Å². The predicted octanol–water partition coefficient (Wildman–Crippen LogP) is 3.48. The molecule has 1 aromatic carbocycles. The zero-order valence-corrected chi connectivity index (χ0v) is 11.5. The minimum atomic E-state index is 0.357. The van der Waals surface area contributed by atoms with Gasteiger partial charge in [-0.15, -0.1) is 0 Å². The molecule has 0 radical (unpaired) electrons. The normalized spacial score (nSPS) is 12.9. The number of rotatable bonds is 4. The van der Waals surface area contributed by atoms with Gasteiger partial charge in [-0.1, -0.05) is 35.0 Å². The molecule has 0 spiro atoms. The molecule has 0 N–H and O–H groups in total. The van der Waals surface area contributed by atoms with Gasteiger partial charge in [0.05, 0.1) is 12.2 Å². The summed E-state index contributed by atoms with van der Waals surface area (Å²) >= 11 is 0. The molecule has 0 aliphatic rings. The molecule has 18 heavy (non-hydrogen) atoms. The van der Waals surface area contributed by atoms with Gasteiger partial charge in [-0.3, -0.25) is 4.90 Å². The lowest BCUT2D eigenvalue weighted by molar-refractivity contribution is 0.220. The Labute approximate surface area is 108 Å². The third kappa shape index (κ3) is 2.99. The van der Waals surface area contributed by atoms with E-state index in [2.05, 4.69) is 55.2 Å². The van der Waals surface area contributed by atoms with Crippen LogP contribution in [0.25, 0.3) is 0 Å². The molecule has 0 saturated carbocycles. The lowest BCUT2D eigenvalue weighted by Crippen LogP contribution is -2.21. The Morgan fingerprint density at radius 2 is 1.89 bits per heavy atom. The molecule has 1 unspecified atom stereocenters. The first kappa shape index (κ1) is 12.8. The number of hydrogen-bond acceptors (Lipinski definition) is 3. The van der Waals surface area contributed by atoms with Gasteiger partial charge >= 0.3 is 0 Å². The smallest absolute Gasteiger partial charge is 0.150 e. The van der Waals surface area contributed by atoms with E-state index in [0.29, 0.717) is 6.04 Å². The second kappa shape index (κ2) is 5.36. The largest absolute Gasteiger partial charge is 0.360 e. The topological polar surface area (TPSA) is 29.3 Å². The molecule has 96 valence electrons. The molecule has 2 rings (SSSR count). The molecule has 1 atom stereocenters. The highest BCUT2D eigenvalue weighted by Crippen LogP contribution is 2.21. The standard InChI is InChI=1S/C15H20N2O/c1-11-5-7-14(8-6-11)13(3)17(4)10-15-9-12(2)16-18-15/h5-9,13H,10H2,1-4H3. The van der Waals surface area contributed by atoms with Gasteiger partial charge in [0, 0.05) is 12.1 Å². The summed E-state index contributed by atoms with van der Waals surface area (Å²) in [5.41, 5.74) is 3.54. The Kier molecular flexibility index (Phi) is 3.82. The molecule has 0 aliphatic heterocycles. The first-order chi connectivity index (χ1) is 8.56. The first-order valence-corrected chi connectivity index (χ1v) is 6.25. The van der Waals surface area contributed by atoms with Crippen LogP contribution in [-0.4, -0.2) is 17.1 Å². The van der Waals surface area contributed by atoms with Gasteiger partial charge in [0.2, 0.25) is 0 Å². The summed E-state index contributed by atoms with van der Waals surface area (Å²) in [6, 6.07) is 11.0. The fraction of sp³-hybridized carbons (Fsp3) is 0.400. The van der Waals surface area contributed by atoms with Crippen molar-refractivity contribution in [3.8, 4) is 0 Å². The summed E-state index contributed by atoms with van der Waals surface area (Å²) in [5, 5.41) is 3.91. The highest BCUT2D eigenvalue weighted by molar-refractivity contribution is 5.23.